The van der Waals surface area contributed by atoms with E-state index in [0.29, 0.717) is 18.3 Å². The van der Waals surface area contributed by atoms with Crippen LogP contribution in [0.25, 0.3) is 0 Å². The summed E-state index contributed by atoms with van der Waals surface area (Å²) in [6.45, 7) is 3.05. The van der Waals surface area contributed by atoms with Gasteiger partial charge in [0.15, 0.2) is 0 Å². The molecular weight excluding hydrogens is 254 g/mol. The number of carbonyl (C=O) groups excluding carboxylic acids is 1. The molecule has 0 aromatic rings. The summed E-state index contributed by atoms with van der Waals surface area (Å²) < 4.78 is 0. The van der Waals surface area contributed by atoms with Gasteiger partial charge in [-0.15, -0.1) is 0 Å². The number of amides is 1. The molecule has 2 N–H and O–H groups in total. The molecule has 2 saturated carbocycles. The minimum atomic E-state index is -0.747. The highest BCUT2D eigenvalue weighted by atomic mass is 16.4. The fourth-order valence-electron chi connectivity index (χ4n) is 3.72. The smallest absolute Gasteiger partial charge is 0.306 e. The molecule has 4 nitrogen and oxygen atoms in total. The van der Waals surface area contributed by atoms with Crippen LogP contribution < -0.4 is 5.32 Å². The van der Waals surface area contributed by atoms with E-state index in [-0.39, 0.29) is 17.7 Å². The highest BCUT2D eigenvalue weighted by molar-refractivity contribution is 5.80. The van der Waals surface area contributed by atoms with Crippen molar-refractivity contribution in [3.63, 3.8) is 0 Å². The van der Waals surface area contributed by atoms with E-state index in [9.17, 15) is 9.59 Å². The molecule has 0 aliphatic heterocycles. The fraction of sp³-hybridized carbons (Fsp3) is 0.875. The van der Waals surface area contributed by atoms with Crippen LogP contribution in [0.15, 0.2) is 0 Å². The summed E-state index contributed by atoms with van der Waals surface area (Å²) in [6.07, 6.45) is 8.00. The Kier molecular flexibility index (Phi) is 5.44. The summed E-state index contributed by atoms with van der Waals surface area (Å²) in [5.41, 5.74) is 0. The summed E-state index contributed by atoms with van der Waals surface area (Å²) >= 11 is 0. The van der Waals surface area contributed by atoms with Gasteiger partial charge in [0.05, 0.1) is 5.92 Å². The van der Waals surface area contributed by atoms with Crippen molar-refractivity contribution in [2.45, 2.75) is 58.3 Å². The van der Waals surface area contributed by atoms with Gasteiger partial charge in [0.1, 0.15) is 0 Å². The SMILES string of the molecule is CC1CCCCC1CNC(=O)C1CCCC(C(=O)O)C1. The predicted molar refractivity (Wildman–Crippen MR) is 77.2 cm³/mol. The monoisotopic (exact) mass is 281 g/mol. The first-order chi connectivity index (χ1) is 9.58. The molecule has 0 spiro atoms. The Morgan fingerprint density at radius 2 is 1.75 bits per heavy atom. The van der Waals surface area contributed by atoms with E-state index in [2.05, 4.69) is 12.2 Å². The first-order valence-electron chi connectivity index (χ1n) is 8.08. The second-order valence-corrected chi connectivity index (χ2v) is 6.67. The molecule has 2 aliphatic carbocycles. The van der Waals surface area contributed by atoms with Crippen molar-refractivity contribution in [2.24, 2.45) is 23.7 Å². The maximum absolute atomic E-state index is 12.2. The van der Waals surface area contributed by atoms with Gasteiger partial charge in [0.25, 0.3) is 0 Å². The maximum Gasteiger partial charge on any atom is 0.306 e. The summed E-state index contributed by atoms with van der Waals surface area (Å²) in [5, 5.41) is 12.2. The van der Waals surface area contributed by atoms with Crippen molar-refractivity contribution in [1.82, 2.24) is 5.32 Å². The maximum atomic E-state index is 12.2. The van der Waals surface area contributed by atoms with E-state index in [4.69, 9.17) is 5.11 Å². The van der Waals surface area contributed by atoms with Crippen LogP contribution in [0.1, 0.15) is 58.3 Å². The molecular formula is C16H27NO3. The molecule has 0 saturated heterocycles. The topological polar surface area (TPSA) is 66.4 Å². The number of carboxylic acid groups (broad SMARTS) is 1. The normalized spacial score (nSPS) is 34.5. The second kappa shape index (κ2) is 7.09. The van der Waals surface area contributed by atoms with Gasteiger partial charge >= 0.3 is 5.97 Å². The van der Waals surface area contributed by atoms with Gasteiger partial charge in [-0.25, -0.2) is 0 Å². The molecule has 114 valence electrons. The largest absolute Gasteiger partial charge is 0.481 e. The van der Waals surface area contributed by atoms with Crippen molar-refractivity contribution in [2.75, 3.05) is 6.54 Å². The van der Waals surface area contributed by atoms with Gasteiger partial charge in [-0.3, -0.25) is 9.59 Å². The average molecular weight is 281 g/mol. The minimum Gasteiger partial charge on any atom is -0.481 e. The molecule has 0 radical (unpaired) electrons. The lowest BCUT2D eigenvalue weighted by atomic mass is 9.79. The highest BCUT2D eigenvalue weighted by Gasteiger charge is 2.31. The average Bonchev–Trinajstić information content (AvgIpc) is 2.46. The molecule has 0 aromatic heterocycles. The van der Waals surface area contributed by atoms with Gasteiger partial charge in [0, 0.05) is 12.5 Å². The quantitative estimate of drug-likeness (QED) is 0.832. The Morgan fingerprint density at radius 3 is 2.45 bits per heavy atom. The van der Waals surface area contributed by atoms with Crippen LogP contribution >= 0.6 is 0 Å². The number of hydrogen-bond acceptors (Lipinski definition) is 2. The predicted octanol–water partition coefficient (Wildman–Crippen LogP) is 2.82. The standard InChI is InChI=1S/C16H27NO3/c1-11-5-2-3-6-14(11)10-17-15(18)12-7-4-8-13(9-12)16(19)20/h11-14H,2-10H2,1H3,(H,17,18)(H,19,20). The number of hydrogen-bond donors (Lipinski definition) is 2. The number of carboxylic acids is 1. The van der Waals surface area contributed by atoms with Gasteiger partial charge in [-0.05, 0) is 37.5 Å². The molecule has 0 aromatic carbocycles. The summed E-state index contributed by atoms with van der Waals surface area (Å²) in [7, 11) is 0. The molecule has 0 bridgehead atoms. The molecule has 2 rings (SSSR count). The Labute approximate surface area is 121 Å². The molecule has 0 heterocycles. The highest BCUT2D eigenvalue weighted by Crippen LogP contribution is 2.31. The van der Waals surface area contributed by atoms with E-state index >= 15 is 0 Å². The van der Waals surface area contributed by atoms with Crippen LogP contribution in [0.4, 0.5) is 0 Å². The van der Waals surface area contributed by atoms with Gasteiger partial charge < -0.3 is 10.4 Å². The molecule has 4 atom stereocenters. The first-order valence-corrected chi connectivity index (χ1v) is 8.08. The molecule has 1 amide bonds. The van der Waals surface area contributed by atoms with Crippen molar-refractivity contribution in [3.05, 3.63) is 0 Å². The third-order valence-electron chi connectivity index (χ3n) is 5.22. The Bertz CT molecular complexity index is 356. The number of rotatable bonds is 4. The summed E-state index contributed by atoms with van der Waals surface area (Å²) in [5.74, 6) is 0.211. The molecule has 4 heteroatoms. The summed E-state index contributed by atoms with van der Waals surface area (Å²) in [4.78, 5) is 23.3. The lowest BCUT2D eigenvalue weighted by Gasteiger charge is -2.30. The molecule has 2 aliphatic rings. The minimum absolute atomic E-state index is 0.0775. The Balaban J connectivity index is 1.77. The van der Waals surface area contributed by atoms with Crippen LogP contribution in [0, 0.1) is 23.7 Å². The van der Waals surface area contributed by atoms with E-state index in [1.165, 1.54) is 25.7 Å². The van der Waals surface area contributed by atoms with Crippen LogP contribution in [0.2, 0.25) is 0 Å². The van der Waals surface area contributed by atoms with E-state index in [1.54, 1.807) is 0 Å². The van der Waals surface area contributed by atoms with Crippen LogP contribution in [0.5, 0.6) is 0 Å². The zero-order valence-corrected chi connectivity index (χ0v) is 12.4. The number of nitrogens with one attached hydrogen (secondary N) is 1. The third kappa shape index (κ3) is 3.97. The lowest BCUT2D eigenvalue weighted by molar-refractivity contribution is -0.144. The third-order valence-corrected chi connectivity index (χ3v) is 5.22. The second-order valence-electron chi connectivity index (χ2n) is 6.67. The van der Waals surface area contributed by atoms with Crippen molar-refractivity contribution in [3.8, 4) is 0 Å². The zero-order valence-electron chi connectivity index (χ0n) is 12.4. The van der Waals surface area contributed by atoms with Gasteiger partial charge in [0.2, 0.25) is 5.91 Å². The van der Waals surface area contributed by atoms with Crippen LogP contribution in [0.3, 0.4) is 0 Å². The van der Waals surface area contributed by atoms with E-state index in [0.717, 1.165) is 25.8 Å². The number of aliphatic carboxylic acids is 1. The lowest BCUT2D eigenvalue weighted by Crippen LogP contribution is -2.39. The van der Waals surface area contributed by atoms with Crippen LogP contribution in [-0.4, -0.2) is 23.5 Å². The Morgan fingerprint density at radius 1 is 1.05 bits per heavy atom. The summed E-state index contributed by atoms with van der Waals surface area (Å²) in [6, 6.07) is 0. The fourth-order valence-corrected chi connectivity index (χ4v) is 3.72. The van der Waals surface area contributed by atoms with Gasteiger partial charge in [-0.1, -0.05) is 32.6 Å². The Hall–Kier alpha value is -1.06. The van der Waals surface area contributed by atoms with Crippen molar-refractivity contribution < 1.29 is 14.7 Å². The molecule has 4 unspecified atom stereocenters. The molecule has 2 fully saturated rings. The van der Waals surface area contributed by atoms with Gasteiger partial charge in [-0.2, -0.15) is 0 Å². The first kappa shape index (κ1) is 15.3. The van der Waals surface area contributed by atoms with E-state index in [1.807, 2.05) is 0 Å². The van der Waals surface area contributed by atoms with Crippen molar-refractivity contribution in [1.29, 1.82) is 0 Å². The zero-order chi connectivity index (χ0) is 14.5. The van der Waals surface area contributed by atoms with Crippen molar-refractivity contribution >= 4 is 11.9 Å². The number of carbonyl (C=O) groups is 2. The molecule has 20 heavy (non-hydrogen) atoms. The van der Waals surface area contributed by atoms with Crippen LogP contribution in [-0.2, 0) is 9.59 Å². The van der Waals surface area contributed by atoms with E-state index < -0.39 is 5.97 Å².